The van der Waals surface area contributed by atoms with Crippen LogP contribution < -0.4 is 0 Å². The first-order valence-electron chi connectivity index (χ1n) is 5.69. The van der Waals surface area contributed by atoms with Crippen LogP contribution in [0.5, 0.6) is 0 Å². The third-order valence-electron chi connectivity index (χ3n) is 2.44. The summed E-state index contributed by atoms with van der Waals surface area (Å²) in [6.07, 6.45) is 0.365. The van der Waals surface area contributed by atoms with Crippen LogP contribution in [0.2, 0.25) is 0 Å². The van der Waals surface area contributed by atoms with E-state index in [-0.39, 0.29) is 11.6 Å². The summed E-state index contributed by atoms with van der Waals surface area (Å²) < 4.78 is -2.78. The van der Waals surface area contributed by atoms with Gasteiger partial charge in [-0.05, 0) is 17.7 Å². The largest absolute Gasteiger partial charge is 0.250 e. The van der Waals surface area contributed by atoms with E-state index in [9.17, 15) is 0 Å². The molecule has 0 saturated carbocycles. The Balaban J connectivity index is 2.46. The van der Waals surface area contributed by atoms with Gasteiger partial charge in [0.1, 0.15) is 5.82 Å². The normalized spacial score (nSPS) is 12.5. The molecule has 0 radical (unpaired) electrons. The summed E-state index contributed by atoms with van der Waals surface area (Å²) in [5, 5.41) is 0. The summed E-state index contributed by atoms with van der Waals surface area (Å²) in [5.41, 5.74) is 0.936. The van der Waals surface area contributed by atoms with Crippen molar-refractivity contribution in [2.45, 2.75) is 14.0 Å². The standard InChI is InChI=1S/C12H6BrCl6N3/c13-7-3-1-2-6(4-7)5-8-20-9(11(14,15)16)22-10(21-8)12(17,18)19/h1-4H,5H2. The average Bonchev–Trinajstić information content (AvgIpc) is 2.36. The molecule has 0 saturated heterocycles. The Morgan fingerprint density at radius 1 is 0.864 bits per heavy atom. The number of aromatic nitrogens is 3. The summed E-state index contributed by atoms with van der Waals surface area (Å²) in [7, 11) is 0. The maximum absolute atomic E-state index is 5.82. The summed E-state index contributed by atoms with van der Waals surface area (Å²) in [6, 6.07) is 7.59. The molecule has 118 valence electrons. The van der Waals surface area contributed by atoms with Gasteiger partial charge in [0.05, 0.1) is 0 Å². The molecular weight excluding hydrogens is 479 g/mol. The molecule has 0 amide bonds. The summed E-state index contributed by atoms with van der Waals surface area (Å²) in [4.78, 5) is 12.2. The highest BCUT2D eigenvalue weighted by molar-refractivity contribution is 9.10. The quantitative estimate of drug-likeness (QED) is 0.500. The van der Waals surface area contributed by atoms with E-state index in [0.29, 0.717) is 12.2 Å². The van der Waals surface area contributed by atoms with E-state index in [4.69, 9.17) is 69.6 Å². The van der Waals surface area contributed by atoms with E-state index in [1.807, 2.05) is 24.3 Å². The van der Waals surface area contributed by atoms with Crippen LogP contribution in [0.25, 0.3) is 0 Å². The van der Waals surface area contributed by atoms with Crippen molar-refractivity contribution in [1.29, 1.82) is 0 Å². The zero-order valence-electron chi connectivity index (χ0n) is 10.5. The molecule has 0 unspecified atom stereocenters. The van der Waals surface area contributed by atoms with Crippen LogP contribution in [-0.2, 0) is 14.0 Å². The van der Waals surface area contributed by atoms with Crippen LogP contribution in [0, 0.1) is 0 Å². The third kappa shape index (κ3) is 5.23. The molecule has 0 N–H and O–H groups in total. The van der Waals surface area contributed by atoms with Crippen molar-refractivity contribution < 1.29 is 0 Å². The third-order valence-corrected chi connectivity index (χ3v) is 3.95. The smallest absolute Gasteiger partial charge is 0.213 e. The molecule has 10 heteroatoms. The molecule has 2 aromatic rings. The topological polar surface area (TPSA) is 38.7 Å². The minimum Gasteiger partial charge on any atom is -0.213 e. The lowest BCUT2D eigenvalue weighted by atomic mass is 10.1. The van der Waals surface area contributed by atoms with Gasteiger partial charge in [-0.15, -0.1) is 0 Å². The SMILES string of the molecule is ClC(Cl)(Cl)c1nc(Cc2cccc(Br)c2)nc(C(Cl)(Cl)Cl)n1. The van der Waals surface area contributed by atoms with Crippen molar-refractivity contribution in [2.24, 2.45) is 0 Å². The van der Waals surface area contributed by atoms with E-state index >= 15 is 0 Å². The number of benzene rings is 1. The molecule has 1 aromatic carbocycles. The van der Waals surface area contributed by atoms with Crippen molar-refractivity contribution >= 4 is 85.5 Å². The molecular formula is C12H6BrCl6N3. The second kappa shape index (κ2) is 7.14. The predicted octanol–water partition coefficient (Wildman–Crippen LogP) is 5.88. The fraction of sp³-hybridized carbons (Fsp3) is 0.250. The molecule has 1 aromatic heterocycles. The molecule has 0 fully saturated rings. The van der Waals surface area contributed by atoms with Gasteiger partial charge in [0.2, 0.25) is 7.59 Å². The Kier molecular flexibility index (Phi) is 6.09. The van der Waals surface area contributed by atoms with E-state index in [0.717, 1.165) is 10.0 Å². The number of hydrogen-bond donors (Lipinski definition) is 0. The van der Waals surface area contributed by atoms with E-state index < -0.39 is 7.59 Å². The Morgan fingerprint density at radius 2 is 1.41 bits per heavy atom. The Hall–Kier alpha value is 0.450. The molecule has 0 spiro atoms. The highest BCUT2D eigenvalue weighted by Crippen LogP contribution is 2.40. The second-order valence-corrected chi connectivity index (χ2v) is 9.68. The van der Waals surface area contributed by atoms with Crippen LogP contribution in [0.1, 0.15) is 23.0 Å². The van der Waals surface area contributed by atoms with Gasteiger partial charge in [-0.3, -0.25) is 0 Å². The van der Waals surface area contributed by atoms with E-state index in [1.54, 1.807) is 0 Å². The van der Waals surface area contributed by atoms with Crippen molar-refractivity contribution in [3.63, 3.8) is 0 Å². The lowest BCUT2D eigenvalue weighted by Crippen LogP contribution is -2.18. The van der Waals surface area contributed by atoms with E-state index in [2.05, 4.69) is 30.9 Å². The number of hydrogen-bond acceptors (Lipinski definition) is 3. The molecule has 0 aliphatic heterocycles. The van der Waals surface area contributed by atoms with Gasteiger partial charge in [0.15, 0.2) is 11.6 Å². The minimum atomic E-state index is -1.85. The molecule has 2 rings (SSSR count). The Labute approximate surface area is 165 Å². The van der Waals surface area contributed by atoms with Crippen LogP contribution in [-0.4, -0.2) is 15.0 Å². The van der Waals surface area contributed by atoms with Crippen molar-refractivity contribution in [3.05, 3.63) is 51.8 Å². The van der Waals surface area contributed by atoms with Crippen molar-refractivity contribution in [1.82, 2.24) is 15.0 Å². The Bertz CT molecular complexity index is 651. The van der Waals surface area contributed by atoms with Gasteiger partial charge in [-0.2, -0.15) is 0 Å². The average molecular weight is 485 g/mol. The number of alkyl halides is 6. The first-order valence-corrected chi connectivity index (χ1v) is 8.75. The molecule has 22 heavy (non-hydrogen) atoms. The first kappa shape index (κ1) is 18.8. The van der Waals surface area contributed by atoms with Crippen LogP contribution in [0.4, 0.5) is 0 Å². The second-order valence-electron chi connectivity index (χ2n) is 4.20. The maximum atomic E-state index is 5.82. The fourth-order valence-corrected chi connectivity index (χ4v) is 2.54. The van der Waals surface area contributed by atoms with Gasteiger partial charge in [-0.25, -0.2) is 15.0 Å². The molecule has 0 atom stereocenters. The van der Waals surface area contributed by atoms with Gasteiger partial charge in [0, 0.05) is 10.9 Å². The zero-order valence-corrected chi connectivity index (χ0v) is 16.6. The molecule has 0 aliphatic rings. The predicted molar refractivity (Wildman–Crippen MR) is 95.2 cm³/mol. The van der Waals surface area contributed by atoms with E-state index in [1.165, 1.54) is 0 Å². The maximum Gasteiger partial charge on any atom is 0.250 e. The van der Waals surface area contributed by atoms with Crippen molar-refractivity contribution in [2.75, 3.05) is 0 Å². The number of rotatable bonds is 2. The first-order chi connectivity index (χ1) is 10.1. The summed E-state index contributed by atoms with van der Waals surface area (Å²) in [5.74, 6) is 0.133. The monoisotopic (exact) mass is 481 g/mol. The summed E-state index contributed by atoms with van der Waals surface area (Å²) in [6.45, 7) is 0. The molecule has 1 heterocycles. The van der Waals surface area contributed by atoms with Crippen LogP contribution in [0.15, 0.2) is 28.7 Å². The lowest BCUT2D eigenvalue weighted by molar-refractivity contribution is 0.792. The number of nitrogens with zero attached hydrogens (tertiary/aromatic N) is 3. The highest BCUT2D eigenvalue weighted by Gasteiger charge is 2.33. The lowest BCUT2D eigenvalue weighted by Gasteiger charge is -2.15. The fourth-order valence-electron chi connectivity index (χ4n) is 1.58. The van der Waals surface area contributed by atoms with Gasteiger partial charge in [-0.1, -0.05) is 97.7 Å². The van der Waals surface area contributed by atoms with Crippen molar-refractivity contribution in [3.8, 4) is 0 Å². The van der Waals surface area contributed by atoms with Gasteiger partial charge in [0.25, 0.3) is 0 Å². The van der Waals surface area contributed by atoms with Gasteiger partial charge < -0.3 is 0 Å². The van der Waals surface area contributed by atoms with Gasteiger partial charge >= 0.3 is 0 Å². The summed E-state index contributed by atoms with van der Waals surface area (Å²) >= 11 is 38.3. The molecule has 0 aliphatic carbocycles. The zero-order chi connectivity index (χ0) is 16.5. The minimum absolute atomic E-state index is 0.0983. The number of halogens is 7. The molecule has 0 bridgehead atoms. The van der Waals surface area contributed by atoms with Crippen LogP contribution >= 0.6 is 85.5 Å². The highest BCUT2D eigenvalue weighted by atomic mass is 79.9. The van der Waals surface area contributed by atoms with Crippen LogP contribution in [0.3, 0.4) is 0 Å². The molecule has 3 nitrogen and oxygen atoms in total. The Morgan fingerprint density at radius 3 is 1.86 bits per heavy atom.